The summed E-state index contributed by atoms with van der Waals surface area (Å²) in [4.78, 5) is 20.3. The van der Waals surface area contributed by atoms with E-state index in [4.69, 9.17) is 17.3 Å². The highest BCUT2D eigenvalue weighted by Crippen LogP contribution is 2.07. The van der Waals surface area contributed by atoms with Crippen LogP contribution >= 0.6 is 24.2 Å². The second-order valence-electron chi connectivity index (χ2n) is 1.56. The minimum atomic E-state index is -0.667. The number of carbonyl (C=O) groups excluding carboxylic acids is 2. The molecule has 1 amide bonds. The van der Waals surface area contributed by atoms with Crippen molar-refractivity contribution < 1.29 is 9.59 Å². The first-order valence-electron chi connectivity index (χ1n) is 2.39. The maximum absolute atomic E-state index is 10.2. The number of rotatable bonds is 3. The van der Waals surface area contributed by atoms with Crippen LogP contribution in [-0.4, -0.2) is 11.0 Å². The molecule has 0 fully saturated rings. The largest absolute Gasteiger partial charge is 0.366 e. The van der Waals surface area contributed by atoms with E-state index in [9.17, 15) is 9.59 Å². The van der Waals surface area contributed by atoms with E-state index < -0.39 is 11.0 Å². The molecule has 56 valence electrons. The van der Waals surface area contributed by atoms with Crippen molar-refractivity contribution in [2.75, 3.05) is 0 Å². The smallest absolute Gasteiger partial charge is 0.242 e. The Morgan fingerprint density at radius 3 is 2.40 bits per heavy atom. The van der Waals surface area contributed by atoms with Crippen molar-refractivity contribution in [3.63, 3.8) is 0 Å². The van der Waals surface area contributed by atoms with Gasteiger partial charge >= 0.3 is 0 Å². The van der Waals surface area contributed by atoms with Crippen LogP contribution < -0.4 is 5.73 Å². The van der Waals surface area contributed by atoms with E-state index in [0.717, 1.165) is 6.08 Å². The van der Waals surface area contributed by atoms with Gasteiger partial charge < -0.3 is 5.73 Å². The highest BCUT2D eigenvalue weighted by molar-refractivity contribution is 7.96. The van der Waals surface area contributed by atoms with Crippen molar-refractivity contribution >= 4 is 35.3 Å². The van der Waals surface area contributed by atoms with E-state index in [-0.39, 0.29) is 11.5 Å². The van der Waals surface area contributed by atoms with Gasteiger partial charge in [-0.05, 0) is 0 Å². The van der Waals surface area contributed by atoms with Crippen LogP contribution in [0.25, 0.3) is 0 Å². The zero-order valence-electron chi connectivity index (χ0n) is 5.00. The van der Waals surface area contributed by atoms with Crippen molar-refractivity contribution in [2.24, 2.45) is 5.73 Å². The predicted molar refractivity (Wildman–Crippen MR) is 41.7 cm³/mol. The van der Waals surface area contributed by atoms with Gasteiger partial charge in [-0.1, -0.05) is 11.6 Å². The van der Waals surface area contributed by atoms with Crippen LogP contribution in [0.1, 0.15) is 6.42 Å². The summed E-state index contributed by atoms with van der Waals surface area (Å²) in [7, 11) is 0. The van der Waals surface area contributed by atoms with Crippen LogP contribution in [0.3, 0.4) is 0 Å². The third-order valence-corrected chi connectivity index (χ3v) is 1.02. The van der Waals surface area contributed by atoms with E-state index in [1.807, 2.05) is 0 Å². The maximum Gasteiger partial charge on any atom is 0.242 e. The Morgan fingerprint density at radius 1 is 1.60 bits per heavy atom. The molecule has 0 rings (SSSR count). The molecule has 0 saturated heterocycles. The summed E-state index contributed by atoms with van der Waals surface area (Å²) in [6, 6.07) is 0. The summed E-state index contributed by atoms with van der Waals surface area (Å²) >= 11 is 8.80. The average Bonchev–Trinajstić information content (AvgIpc) is 1.58. The minimum Gasteiger partial charge on any atom is -0.366 e. The fraction of sp³-hybridized carbons (Fsp3) is 0.200. The molecule has 0 unspecified atom stereocenters. The van der Waals surface area contributed by atoms with E-state index in [2.05, 4.69) is 12.6 Å². The van der Waals surface area contributed by atoms with Gasteiger partial charge in [0.15, 0.2) is 5.12 Å². The zero-order valence-corrected chi connectivity index (χ0v) is 6.65. The molecule has 0 atom stereocenters. The highest BCUT2D eigenvalue weighted by atomic mass is 35.5. The number of thiol groups is 1. The number of halogens is 1. The molecule has 0 aromatic carbocycles. The maximum atomic E-state index is 10.2. The van der Waals surface area contributed by atoms with Gasteiger partial charge in [-0.25, -0.2) is 0 Å². The standard InChI is InChI=1S/C5H6ClNO2S/c6-3(1-4(7)8)2-5(9)10/h1H,2H2,(H2,7,8)(H,9,10). The SMILES string of the molecule is NC(=O)C=C(Cl)CC(=O)S. The number of amides is 1. The van der Waals surface area contributed by atoms with Crippen molar-refractivity contribution in [1.82, 2.24) is 0 Å². The van der Waals surface area contributed by atoms with Crippen LogP contribution in [0.4, 0.5) is 0 Å². The van der Waals surface area contributed by atoms with Gasteiger partial charge in [-0.3, -0.25) is 9.59 Å². The number of allylic oxidation sites excluding steroid dienone is 1. The Balaban J connectivity index is 3.95. The van der Waals surface area contributed by atoms with Crippen molar-refractivity contribution in [3.8, 4) is 0 Å². The molecule has 0 aromatic heterocycles. The van der Waals surface area contributed by atoms with Crippen molar-refractivity contribution in [1.29, 1.82) is 0 Å². The van der Waals surface area contributed by atoms with E-state index >= 15 is 0 Å². The molecule has 0 spiro atoms. The lowest BCUT2D eigenvalue weighted by molar-refractivity contribution is -0.113. The molecule has 0 aromatic rings. The number of carbonyl (C=O) groups is 2. The molecule has 0 radical (unpaired) electrons. The van der Waals surface area contributed by atoms with Crippen LogP contribution in [0.15, 0.2) is 11.1 Å². The average molecular weight is 180 g/mol. The summed E-state index contributed by atoms with van der Waals surface area (Å²) in [5.74, 6) is -0.667. The zero-order chi connectivity index (χ0) is 8.15. The normalized spacial score (nSPS) is 11.2. The number of nitrogens with two attached hydrogens (primary N) is 1. The Hall–Kier alpha value is -0.480. The molecule has 0 saturated carbocycles. The van der Waals surface area contributed by atoms with E-state index in [1.165, 1.54) is 0 Å². The van der Waals surface area contributed by atoms with Gasteiger partial charge in [0.05, 0.1) is 6.42 Å². The Morgan fingerprint density at radius 2 is 2.10 bits per heavy atom. The summed E-state index contributed by atoms with van der Waals surface area (Å²) in [6.07, 6.45) is 0.920. The molecule has 3 nitrogen and oxygen atoms in total. The molecule has 2 N–H and O–H groups in total. The van der Waals surface area contributed by atoms with Gasteiger partial charge in [-0.15, -0.1) is 12.6 Å². The molecule has 10 heavy (non-hydrogen) atoms. The minimum absolute atomic E-state index is 0.0619. The third kappa shape index (κ3) is 5.65. The highest BCUT2D eigenvalue weighted by Gasteiger charge is 1.99. The Labute approximate surface area is 68.6 Å². The topological polar surface area (TPSA) is 60.2 Å². The second-order valence-corrected chi connectivity index (χ2v) is 2.55. The van der Waals surface area contributed by atoms with Gasteiger partial charge in [0.1, 0.15) is 0 Å². The monoisotopic (exact) mass is 179 g/mol. The number of primary amides is 1. The molecule has 5 heteroatoms. The first-order valence-corrected chi connectivity index (χ1v) is 3.22. The van der Waals surface area contributed by atoms with Crippen molar-refractivity contribution in [2.45, 2.75) is 6.42 Å². The number of hydrogen-bond donors (Lipinski definition) is 2. The van der Waals surface area contributed by atoms with Gasteiger partial charge in [0, 0.05) is 11.1 Å². The molecular weight excluding hydrogens is 174 g/mol. The van der Waals surface area contributed by atoms with Gasteiger partial charge in [0.25, 0.3) is 0 Å². The van der Waals surface area contributed by atoms with Crippen LogP contribution in [0, 0.1) is 0 Å². The quantitative estimate of drug-likeness (QED) is 0.488. The molecular formula is C5H6ClNO2S. The lowest BCUT2D eigenvalue weighted by Crippen LogP contribution is -2.06. The second kappa shape index (κ2) is 4.35. The van der Waals surface area contributed by atoms with Crippen LogP contribution in [0.2, 0.25) is 0 Å². The van der Waals surface area contributed by atoms with Crippen molar-refractivity contribution in [3.05, 3.63) is 11.1 Å². The van der Waals surface area contributed by atoms with Gasteiger partial charge in [0.2, 0.25) is 5.91 Å². The number of hydrogen-bond acceptors (Lipinski definition) is 2. The molecule has 0 aliphatic rings. The lowest BCUT2D eigenvalue weighted by Gasteiger charge is -1.89. The van der Waals surface area contributed by atoms with E-state index in [1.54, 1.807) is 0 Å². The predicted octanol–water partition coefficient (Wildman–Crippen LogP) is 0.441. The molecule has 0 bridgehead atoms. The molecule has 0 aliphatic carbocycles. The molecule has 0 aliphatic heterocycles. The summed E-state index contributed by atoms with van der Waals surface area (Å²) in [5, 5.41) is -0.296. The summed E-state index contributed by atoms with van der Waals surface area (Å²) in [5.41, 5.74) is 4.73. The molecule has 0 heterocycles. The lowest BCUT2D eigenvalue weighted by atomic mass is 10.4. The Bertz CT molecular complexity index is 190. The first-order chi connectivity index (χ1) is 4.52. The van der Waals surface area contributed by atoms with Crippen LogP contribution in [-0.2, 0) is 9.59 Å². The van der Waals surface area contributed by atoms with Crippen LogP contribution in [0.5, 0.6) is 0 Å². The third-order valence-electron chi connectivity index (χ3n) is 0.619. The Kier molecular flexibility index (Phi) is 4.14. The van der Waals surface area contributed by atoms with E-state index in [0.29, 0.717) is 0 Å². The van der Waals surface area contributed by atoms with Gasteiger partial charge in [-0.2, -0.15) is 0 Å². The fourth-order valence-corrected chi connectivity index (χ4v) is 0.842. The fourth-order valence-electron chi connectivity index (χ4n) is 0.350. The summed E-state index contributed by atoms with van der Waals surface area (Å²) in [6.45, 7) is 0. The first kappa shape index (κ1) is 9.52. The summed E-state index contributed by atoms with van der Waals surface area (Å²) < 4.78 is 0.